The smallest absolute Gasteiger partial charge is 0.406 e. The molecule has 0 aliphatic heterocycles. The maximum absolute atomic E-state index is 13.0. The molecule has 0 radical (unpaired) electrons. The summed E-state index contributed by atoms with van der Waals surface area (Å²) in [4.78, 5) is 9.33. The number of hydrogen-bond donors (Lipinski definition) is 0. The molecule has 88 valence electrons. The third kappa shape index (κ3) is 2.81. The Morgan fingerprint density at radius 3 is 2.31 bits per heavy atom. The highest BCUT2D eigenvalue weighted by atomic mass is 19.4. The van der Waals surface area contributed by atoms with E-state index in [1.165, 1.54) is 0 Å². The molecule has 4 nitrogen and oxygen atoms in total. The zero-order valence-electron chi connectivity index (χ0n) is 7.84. The van der Waals surface area contributed by atoms with E-state index in [2.05, 4.69) is 4.74 Å². The van der Waals surface area contributed by atoms with Crippen LogP contribution in [0, 0.1) is 22.9 Å². The van der Waals surface area contributed by atoms with Gasteiger partial charge in [-0.2, -0.15) is 4.39 Å². The van der Waals surface area contributed by atoms with E-state index in [-0.39, 0.29) is 5.56 Å². The van der Waals surface area contributed by atoms with E-state index in [4.69, 9.17) is 0 Å². The first-order chi connectivity index (χ1) is 7.20. The quantitative estimate of drug-likeness (QED) is 0.453. The van der Waals surface area contributed by atoms with Crippen molar-refractivity contribution < 1.29 is 27.2 Å². The molecule has 0 aliphatic rings. The summed E-state index contributed by atoms with van der Waals surface area (Å²) >= 11 is 0. The van der Waals surface area contributed by atoms with Crippen LogP contribution in [-0.2, 0) is 0 Å². The second-order valence-electron chi connectivity index (χ2n) is 2.88. The molecule has 0 aliphatic carbocycles. The average molecular weight is 239 g/mol. The summed E-state index contributed by atoms with van der Waals surface area (Å²) in [6.07, 6.45) is -4.96. The minimum Gasteiger partial charge on any atom is -0.406 e. The van der Waals surface area contributed by atoms with Gasteiger partial charge in [0.25, 0.3) is 0 Å². The maximum atomic E-state index is 13.0. The molecule has 0 heterocycles. The lowest BCUT2D eigenvalue weighted by atomic mass is 10.2. The van der Waals surface area contributed by atoms with Gasteiger partial charge in [0.05, 0.1) is 4.92 Å². The zero-order chi connectivity index (χ0) is 12.5. The third-order valence-electron chi connectivity index (χ3n) is 1.64. The van der Waals surface area contributed by atoms with E-state index in [1.54, 1.807) is 0 Å². The van der Waals surface area contributed by atoms with E-state index in [0.717, 1.165) is 13.0 Å². The SMILES string of the molecule is Cc1cc(OC(F)(F)F)cc(F)c1[N+](=O)[O-]. The van der Waals surface area contributed by atoms with Gasteiger partial charge < -0.3 is 4.74 Å². The Bertz CT molecular complexity index is 407. The molecule has 0 bridgehead atoms. The van der Waals surface area contributed by atoms with E-state index in [0.29, 0.717) is 6.07 Å². The highest BCUT2D eigenvalue weighted by molar-refractivity contribution is 5.45. The summed E-state index contributed by atoms with van der Waals surface area (Å²) in [5.74, 6) is -2.20. The molecular weight excluding hydrogens is 234 g/mol. The van der Waals surface area contributed by atoms with E-state index < -0.39 is 28.5 Å². The van der Waals surface area contributed by atoms with E-state index in [9.17, 15) is 27.7 Å². The molecule has 0 unspecified atom stereocenters. The van der Waals surface area contributed by atoms with Crippen LogP contribution in [0.25, 0.3) is 0 Å². The van der Waals surface area contributed by atoms with Crippen LogP contribution in [0.15, 0.2) is 12.1 Å². The number of aryl methyl sites for hydroxylation is 1. The van der Waals surface area contributed by atoms with E-state index in [1.807, 2.05) is 0 Å². The summed E-state index contributed by atoms with van der Waals surface area (Å²) < 4.78 is 51.8. The molecule has 0 saturated carbocycles. The van der Waals surface area contributed by atoms with Crippen LogP contribution in [0.4, 0.5) is 23.2 Å². The Morgan fingerprint density at radius 1 is 1.38 bits per heavy atom. The Balaban J connectivity index is 3.15. The Hall–Kier alpha value is -1.86. The van der Waals surface area contributed by atoms with Crippen LogP contribution < -0.4 is 4.74 Å². The molecular formula is C8H5F4NO3. The standard InChI is InChI=1S/C8H5F4NO3/c1-4-2-5(16-8(10,11)12)3-6(9)7(4)13(14)15/h2-3H,1H3. The lowest BCUT2D eigenvalue weighted by Crippen LogP contribution is -2.17. The summed E-state index contributed by atoms with van der Waals surface area (Å²) in [6, 6.07) is 1.06. The van der Waals surface area contributed by atoms with Crippen LogP contribution in [0.5, 0.6) is 5.75 Å². The van der Waals surface area contributed by atoms with Gasteiger partial charge >= 0.3 is 12.0 Å². The molecule has 0 atom stereocenters. The monoisotopic (exact) mass is 239 g/mol. The van der Waals surface area contributed by atoms with Crippen molar-refractivity contribution in [2.75, 3.05) is 0 Å². The molecule has 0 spiro atoms. The van der Waals surface area contributed by atoms with Gasteiger partial charge in [-0.05, 0) is 13.0 Å². The Labute approximate surface area is 86.6 Å². The van der Waals surface area contributed by atoms with Crippen LogP contribution >= 0.6 is 0 Å². The van der Waals surface area contributed by atoms with Crippen LogP contribution in [-0.4, -0.2) is 11.3 Å². The highest BCUT2D eigenvalue weighted by Gasteiger charge is 2.32. The maximum Gasteiger partial charge on any atom is 0.573 e. The van der Waals surface area contributed by atoms with Crippen molar-refractivity contribution in [3.05, 3.63) is 33.6 Å². The molecule has 0 saturated heterocycles. The number of nitrogens with zero attached hydrogens (tertiary/aromatic N) is 1. The van der Waals surface area contributed by atoms with Crippen molar-refractivity contribution in [1.29, 1.82) is 0 Å². The molecule has 1 rings (SSSR count). The first-order valence-corrected chi connectivity index (χ1v) is 3.91. The second-order valence-corrected chi connectivity index (χ2v) is 2.88. The average Bonchev–Trinajstić information content (AvgIpc) is 1.96. The Morgan fingerprint density at radius 2 is 1.94 bits per heavy atom. The third-order valence-corrected chi connectivity index (χ3v) is 1.64. The highest BCUT2D eigenvalue weighted by Crippen LogP contribution is 2.30. The summed E-state index contributed by atoms with van der Waals surface area (Å²) in [6.45, 7) is 1.12. The number of alkyl halides is 3. The van der Waals surface area contributed by atoms with Gasteiger partial charge in [0.1, 0.15) is 5.75 Å². The molecule has 1 aromatic rings. The minimum absolute atomic E-state index is 0.246. The van der Waals surface area contributed by atoms with Crippen molar-refractivity contribution in [3.8, 4) is 5.75 Å². The van der Waals surface area contributed by atoms with Gasteiger partial charge in [-0.15, -0.1) is 13.2 Å². The fourth-order valence-electron chi connectivity index (χ4n) is 1.13. The fourth-order valence-corrected chi connectivity index (χ4v) is 1.13. The number of nitro groups is 1. The number of ether oxygens (including phenoxy) is 1. The summed E-state index contributed by atoms with van der Waals surface area (Å²) in [5.41, 5.74) is -1.11. The van der Waals surface area contributed by atoms with Gasteiger partial charge in [0, 0.05) is 11.6 Å². The summed E-state index contributed by atoms with van der Waals surface area (Å²) in [5, 5.41) is 10.3. The minimum atomic E-state index is -4.96. The second kappa shape index (κ2) is 3.95. The van der Waals surface area contributed by atoms with Crippen molar-refractivity contribution >= 4 is 5.69 Å². The van der Waals surface area contributed by atoms with Crippen molar-refractivity contribution in [2.45, 2.75) is 13.3 Å². The largest absolute Gasteiger partial charge is 0.573 e. The predicted octanol–water partition coefficient (Wildman–Crippen LogP) is 2.94. The lowest BCUT2D eigenvalue weighted by Gasteiger charge is -2.09. The number of benzene rings is 1. The molecule has 0 fully saturated rings. The molecule has 1 aromatic carbocycles. The van der Waals surface area contributed by atoms with Crippen molar-refractivity contribution in [3.63, 3.8) is 0 Å². The van der Waals surface area contributed by atoms with E-state index >= 15 is 0 Å². The Kier molecular flexibility index (Phi) is 3.02. The lowest BCUT2D eigenvalue weighted by molar-refractivity contribution is -0.388. The molecule has 0 aromatic heterocycles. The zero-order valence-corrected chi connectivity index (χ0v) is 7.84. The van der Waals surface area contributed by atoms with Gasteiger partial charge in [-0.25, -0.2) is 0 Å². The van der Waals surface area contributed by atoms with Crippen molar-refractivity contribution in [1.82, 2.24) is 0 Å². The summed E-state index contributed by atoms with van der Waals surface area (Å²) in [7, 11) is 0. The van der Waals surface area contributed by atoms with Gasteiger partial charge in [-0.1, -0.05) is 0 Å². The number of hydrogen-bond acceptors (Lipinski definition) is 3. The topological polar surface area (TPSA) is 52.4 Å². The van der Waals surface area contributed by atoms with Crippen LogP contribution in [0.2, 0.25) is 0 Å². The fraction of sp³-hybridized carbons (Fsp3) is 0.250. The van der Waals surface area contributed by atoms with Crippen LogP contribution in [0.1, 0.15) is 5.56 Å². The number of nitro benzene ring substituents is 1. The normalized spacial score (nSPS) is 11.3. The first kappa shape index (κ1) is 12.2. The number of rotatable bonds is 2. The molecule has 0 N–H and O–H groups in total. The predicted molar refractivity (Wildman–Crippen MR) is 44.5 cm³/mol. The van der Waals surface area contributed by atoms with Crippen molar-refractivity contribution in [2.24, 2.45) is 0 Å². The first-order valence-electron chi connectivity index (χ1n) is 3.91. The van der Waals surface area contributed by atoms with Gasteiger partial charge in [0.15, 0.2) is 0 Å². The van der Waals surface area contributed by atoms with Gasteiger partial charge in [-0.3, -0.25) is 10.1 Å². The molecule has 16 heavy (non-hydrogen) atoms. The molecule has 0 amide bonds. The number of halogens is 4. The molecule has 8 heteroatoms. The van der Waals surface area contributed by atoms with Gasteiger partial charge in [0.2, 0.25) is 5.82 Å². The van der Waals surface area contributed by atoms with Crippen LogP contribution in [0.3, 0.4) is 0 Å².